The lowest BCUT2D eigenvalue weighted by Gasteiger charge is -2.37. The first-order valence-corrected chi connectivity index (χ1v) is 9.43. The molecule has 2 aliphatic rings. The average molecular weight is 329 g/mol. The van der Waals surface area contributed by atoms with E-state index >= 15 is 0 Å². The summed E-state index contributed by atoms with van der Waals surface area (Å²) in [7, 11) is 0. The molecule has 0 spiro atoms. The highest BCUT2D eigenvalue weighted by Crippen LogP contribution is 2.19. The van der Waals surface area contributed by atoms with Gasteiger partial charge in [0.1, 0.15) is 0 Å². The van der Waals surface area contributed by atoms with Crippen LogP contribution in [-0.4, -0.2) is 61.5 Å². The number of amides is 1. The quantitative estimate of drug-likeness (QED) is 0.850. The summed E-state index contributed by atoms with van der Waals surface area (Å²) < 4.78 is 0. The molecule has 1 aromatic rings. The van der Waals surface area contributed by atoms with Gasteiger partial charge in [0, 0.05) is 44.8 Å². The zero-order valence-electron chi connectivity index (χ0n) is 15.2. The molecule has 1 aromatic carbocycles. The Morgan fingerprint density at radius 2 is 1.79 bits per heavy atom. The van der Waals surface area contributed by atoms with Crippen molar-refractivity contribution in [2.24, 2.45) is 5.92 Å². The van der Waals surface area contributed by atoms with Gasteiger partial charge in [0.05, 0.1) is 0 Å². The van der Waals surface area contributed by atoms with Gasteiger partial charge in [0.2, 0.25) is 5.91 Å². The maximum Gasteiger partial charge on any atom is 0.223 e. The van der Waals surface area contributed by atoms with Crippen LogP contribution in [0.3, 0.4) is 0 Å². The van der Waals surface area contributed by atoms with Gasteiger partial charge in [-0.15, -0.1) is 0 Å². The highest BCUT2D eigenvalue weighted by Gasteiger charge is 2.22. The first-order chi connectivity index (χ1) is 11.6. The second-order valence-electron chi connectivity index (χ2n) is 7.48. The molecule has 2 aliphatic heterocycles. The molecule has 2 saturated heterocycles. The van der Waals surface area contributed by atoms with Crippen LogP contribution in [0.15, 0.2) is 24.3 Å². The number of carbonyl (C=O) groups is 1. The van der Waals surface area contributed by atoms with Gasteiger partial charge in [-0.05, 0) is 56.5 Å². The van der Waals surface area contributed by atoms with Gasteiger partial charge in [-0.2, -0.15) is 0 Å². The van der Waals surface area contributed by atoms with Gasteiger partial charge in [-0.1, -0.05) is 19.1 Å². The van der Waals surface area contributed by atoms with E-state index in [9.17, 15) is 4.79 Å². The molecule has 0 radical (unpaired) electrons. The number of hydrogen-bond donors (Lipinski definition) is 0. The molecule has 0 N–H and O–H groups in total. The predicted molar refractivity (Wildman–Crippen MR) is 99.4 cm³/mol. The third-order valence-corrected chi connectivity index (χ3v) is 5.52. The fraction of sp³-hybridized carbons (Fsp3) is 0.650. The predicted octanol–water partition coefficient (Wildman–Crippen LogP) is 2.77. The van der Waals surface area contributed by atoms with Crippen molar-refractivity contribution in [1.82, 2.24) is 9.80 Å². The van der Waals surface area contributed by atoms with E-state index < -0.39 is 0 Å². The van der Waals surface area contributed by atoms with Gasteiger partial charge in [-0.3, -0.25) is 4.79 Å². The number of hydrogen-bond acceptors (Lipinski definition) is 3. The molecule has 2 fully saturated rings. The van der Waals surface area contributed by atoms with E-state index in [0.717, 1.165) is 51.7 Å². The third kappa shape index (κ3) is 4.50. The van der Waals surface area contributed by atoms with Gasteiger partial charge in [0.25, 0.3) is 0 Å². The van der Waals surface area contributed by atoms with Crippen molar-refractivity contribution in [1.29, 1.82) is 0 Å². The Hall–Kier alpha value is -1.55. The zero-order chi connectivity index (χ0) is 16.9. The number of nitrogens with zero attached hydrogens (tertiary/aromatic N) is 3. The normalized spacial score (nSPS) is 20.4. The monoisotopic (exact) mass is 329 g/mol. The van der Waals surface area contributed by atoms with Crippen molar-refractivity contribution in [2.45, 2.75) is 33.1 Å². The Bertz CT molecular complexity index is 544. The Kier molecular flexibility index (Phi) is 5.77. The van der Waals surface area contributed by atoms with Crippen molar-refractivity contribution < 1.29 is 4.79 Å². The molecule has 4 heteroatoms. The molecule has 1 amide bonds. The van der Waals surface area contributed by atoms with Crippen molar-refractivity contribution in [3.05, 3.63) is 29.8 Å². The first-order valence-electron chi connectivity index (χ1n) is 9.43. The molecule has 24 heavy (non-hydrogen) atoms. The van der Waals surface area contributed by atoms with Crippen molar-refractivity contribution in [2.75, 3.05) is 50.7 Å². The van der Waals surface area contributed by atoms with Crippen molar-refractivity contribution in [3.63, 3.8) is 0 Å². The van der Waals surface area contributed by atoms with Gasteiger partial charge in [-0.25, -0.2) is 0 Å². The van der Waals surface area contributed by atoms with Crippen LogP contribution in [0.4, 0.5) is 5.69 Å². The molecular weight excluding hydrogens is 298 g/mol. The van der Waals surface area contributed by atoms with Crippen LogP contribution >= 0.6 is 0 Å². The molecule has 0 atom stereocenters. The molecule has 3 rings (SSSR count). The minimum Gasteiger partial charge on any atom is -0.368 e. The Balaban J connectivity index is 1.42. The van der Waals surface area contributed by atoms with Crippen molar-refractivity contribution >= 4 is 11.6 Å². The summed E-state index contributed by atoms with van der Waals surface area (Å²) in [5, 5.41) is 0. The smallest absolute Gasteiger partial charge is 0.223 e. The topological polar surface area (TPSA) is 26.8 Å². The summed E-state index contributed by atoms with van der Waals surface area (Å²) in [5.41, 5.74) is 2.58. The summed E-state index contributed by atoms with van der Waals surface area (Å²) in [6.07, 6.45) is 3.24. The molecule has 0 aromatic heterocycles. The van der Waals surface area contributed by atoms with Crippen LogP contribution in [0, 0.1) is 12.8 Å². The maximum absolute atomic E-state index is 12.5. The van der Waals surface area contributed by atoms with Crippen LogP contribution in [-0.2, 0) is 4.79 Å². The summed E-state index contributed by atoms with van der Waals surface area (Å²) >= 11 is 0. The highest BCUT2D eigenvalue weighted by atomic mass is 16.2. The zero-order valence-corrected chi connectivity index (χ0v) is 15.2. The molecular formula is C20H31N3O. The third-order valence-electron chi connectivity index (χ3n) is 5.52. The number of aryl methyl sites for hydroxylation is 1. The largest absolute Gasteiger partial charge is 0.368 e. The summed E-state index contributed by atoms with van der Waals surface area (Å²) in [6.45, 7) is 11.3. The van der Waals surface area contributed by atoms with E-state index in [4.69, 9.17) is 0 Å². The van der Waals surface area contributed by atoms with E-state index in [2.05, 4.69) is 52.8 Å². The minimum atomic E-state index is 0.331. The SMILES string of the molecule is Cc1cccc(N2CCN(C(=O)CCN3CCC(C)CC3)CC2)c1. The number of carbonyl (C=O) groups excluding carboxylic acids is 1. The van der Waals surface area contributed by atoms with E-state index in [1.165, 1.54) is 24.1 Å². The number of benzene rings is 1. The molecule has 132 valence electrons. The molecule has 0 unspecified atom stereocenters. The fourth-order valence-electron chi connectivity index (χ4n) is 3.74. The number of likely N-dealkylation sites (tertiary alicyclic amines) is 1. The number of piperidine rings is 1. The van der Waals surface area contributed by atoms with E-state index in [1.54, 1.807) is 0 Å². The van der Waals surface area contributed by atoms with Crippen molar-refractivity contribution in [3.8, 4) is 0 Å². The standard InChI is InChI=1S/C20H31N3O/c1-17-6-9-21(10-7-17)11-8-20(24)23-14-12-22(13-15-23)19-5-3-4-18(2)16-19/h3-5,16-17H,6-15H2,1-2H3. The van der Waals surface area contributed by atoms with Gasteiger partial charge in [0.15, 0.2) is 0 Å². The van der Waals surface area contributed by atoms with Gasteiger partial charge >= 0.3 is 0 Å². The molecule has 4 nitrogen and oxygen atoms in total. The lowest BCUT2D eigenvalue weighted by molar-refractivity contribution is -0.131. The summed E-state index contributed by atoms with van der Waals surface area (Å²) in [6, 6.07) is 8.64. The second-order valence-corrected chi connectivity index (χ2v) is 7.48. The Labute approximate surface area is 146 Å². The lowest BCUT2D eigenvalue weighted by atomic mass is 9.99. The molecule has 0 bridgehead atoms. The van der Waals surface area contributed by atoms with Crippen LogP contribution in [0.25, 0.3) is 0 Å². The number of anilines is 1. The first kappa shape index (κ1) is 17.3. The molecule has 0 aliphatic carbocycles. The fourth-order valence-corrected chi connectivity index (χ4v) is 3.74. The Morgan fingerprint density at radius 3 is 2.46 bits per heavy atom. The average Bonchev–Trinajstić information content (AvgIpc) is 2.61. The van der Waals surface area contributed by atoms with Crippen LogP contribution in [0.2, 0.25) is 0 Å². The van der Waals surface area contributed by atoms with Crippen LogP contribution in [0.5, 0.6) is 0 Å². The number of rotatable bonds is 4. The number of piperazine rings is 1. The summed E-state index contributed by atoms with van der Waals surface area (Å²) in [4.78, 5) is 19.4. The molecule has 2 heterocycles. The molecule has 0 saturated carbocycles. The summed E-state index contributed by atoms with van der Waals surface area (Å²) in [5.74, 6) is 1.18. The Morgan fingerprint density at radius 1 is 1.08 bits per heavy atom. The van der Waals surface area contributed by atoms with E-state index in [-0.39, 0.29) is 0 Å². The van der Waals surface area contributed by atoms with Gasteiger partial charge < -0.3 is 14.7 Å². The maximum atomic E-state index is 12.5. The van der Waals surface area contributed by atoms with E-state index in [1.807, 2.05) is 0 Å². The highest BCUT2D eigenvalue weighted by molar-refractivity contribution is 5.76. The van der Waals surface area contributed by atoms with Crippen LogP contribution < -0.4 is 4.90 Å². The minimum absolute atomic E-state index is 0.331. The second kappa shape index (κ2) is 8.02. The lowest BCUT2D eigenvalue weighted by Crippen LogP contribution is -2.49. The van der Waals surface area contributed by atoms with E-state index in [0.29, 0.717) is 12.3 Å². The van der Waals surface area contributed by atoms with Crippen LogP contribution in [0.1, 0.15) is 31.7 Å².